The molecule has 0 bridgehead atoms. The minimum absolute atomic E-state index is 0.140. The zero-order valence-electron chi connectivity index (χ0n) is 10.7. The molecular formula is C12H14N2O3S2. The first-order chi connectivity index (χ1) is 9.01. The van der Waals surface area contributed by atoms with Gasteiger partial charge in [-0.3, -0.25) is 4.98 Å². The first-order valence-electron chi connectivity index (χ1n) is 5.74. The largest absolute Gasteiger partial charge is 0.492 e. The van der Waals surface area contributed by atoms with Gasteiger partial charge in [-0.2, -0.15) is 0 Å². The lowest BCUT2D eigenvalue weighted by molar-refractivity contribution is 0.338. The predicted octanol–water partition coefficient (Wildman–Crippen LogP) is 2.22. The second kappa shape index (κ2) is 5.66. The molecular weight excluding hydrogens is 284 g/mol. The summed E-state index contributed by atoms with van der Waals surface area (Å²) in [4.78, 5) is 8.09. The van der Waals surface area contributed by atoms with E-state index in [1.165, 1.54) is 6.20 Å². The fourth-order valence-electron chi connectivity index (χ4n) is 1.48. The van der Waals surface area contributed by atoms with Crippen LogP contribution >= 0.6 is 11.3 Å². The smallest absolute Gasteiger partial charge is 0.211 e. The van der Waals surface area contributed by atoms with Crippen LogP contribution in [0.1, 0.15) is 18.3 Å². The van der Waals surface area contributed by atoms with E-state index in [0.29, 0.717) is 23.7 Å². The molecule has 19 heavy (non-hydrogen) atoms. The van der Waals surface area contributed by atoms with Gasteiger partial charge in [0.2, 0.25) is 14.2 Å². The number of hydrogen-bond donors (Lipinski definition) is 0. The number of aromatic nitrogens is 2. The Labute approximate surface area is 116 Å². The van der Waals surface area contributed by atoms with Gasteiger partial charge in [-0.1, -0.05) is 0 Å². The van der Waals surface area contributed by atoms with Crippen LogP contribution in [0.3, 0.4) is 0 Å². The molecule has 0 aliphatic rings. The molecule has 2 heterocycles. The van der Waals surface area contributed by atoms with Crippen LogP contribution in [0.5, 0.6) is 5.75 Å². The summed E-state index contributed by atoms with van der Waals surface area (Å²) in [5.74, 6) is 0.487. The van der Waals surface area contributed by atoms with Crippen molar-refractivity contribution in [2.75, 3.05) is 6.61 Å². The number of pyridine rings is 1. The van der Waals surface area contributed by atoms with Crippen molar-refractivity contribution >= 4 is 21.2 Å². The summed E-state index contributed by atoms with van der Waals surface area (Å²) in [5, 5.41) is 1.72. The SMILES string of the molecule is CCOc1ccc(CS(=O)(=O)c2nc(C)cs2)nc1. The maximum Gasteiger partial charge on any atom is 0.211 e. The molecule has 0 aliphatic carbocycles. The van der Waals surface area contributed by atoms with Gasteiger partial charge in [0.25, 0.3) is 0 Å². The van der Waals surface area contributed by atoms with Crippen molar-refractivity contribution < 1.29 is 13.2 Å². The Hall–Kier alpha value is -1.47. The molecule has 0 unspecified atom stereocenters. The Morgan fingerprint density at radius 3 is 2.68 bits per heavy atom. The van der Waals surface area contributed by atoms with Crippen LogP contribution in [-0.2, 0) is 15.6 Å². The quantitative estimate of drug-likeness (QED) is 0.846. The number of ether oxygens (including phenoxy) is 1. The number of aryl methyl sites for hydroxylation is 1. The average molecular weight is 298 g/mol. The fourth-order valence-corrected chi connectivity index (χ4v) is 3.88. The van der Waals surface area contributed by atoms with Crippen LogP contribution < -0.4 is 4.74 Å². The third-order valence-corrected chi connectivity index (χ3v) is 5.41. The van der Waals surface area contributed by atoms with E-state index in [1.807, 2.05) is 6.92 Å². The Morgan fingerprint density at radius 1 is 1.37 bits per heavy atom. The molecule has 2 aromatic rings. The van der Waals surface area contributed by atoms with Gasteiger partial charge in [0.1, 0.15) is 5.75 Å². The van der Waals surface area contributed by atoms with E-state index in [1.54, 1.807) is 24.4 Å². The van der Waals surface area contributed by atoms with Gasteiger partial charge >= 0.3 is 0 Å². The molecule has 2 aromatic heterocycles. The Morgan fingerprint density at radius 2 is 2.16 bits per heavy atom. The molecule has 102 valence electrons. The molecule has 0 aliphatic heterocycles. The summed E-state index contributed by atoms with van der Waals surface area (Å²) in [6.07, 6.45) is 1.53. The molecule has 0 aromatic carbocycles. The highest BCUT2D eigenvalue weighted by Gasteiger charge is 2.19. The second-order valence-electron chi connectivity index (χ2n) is 3.93. The maximum absolute atomic E-state index is 12.1. The summed E-state index contributed by atoms with van der Waals surface area (Å²) < 4.78 is 29.6. The molecule has 0 spiro atoms. The number of hydrogen-bond acceptors (Lipinski definition) is 6. The van der Waals surface area contributed by atoms with Gasteiger partial charge in [0.05, 0.1) is 24.3 Å². The summed E-state index contributed by atoms with van der Waals surface area (Å²) in [7, 11) is -3.41. The van der Waals surface area contributed by atoms with E-state index >= 15 is 0 Å². The first kappa shape index (κ1) is 14.0. The summed E-state index contributed by atoms with van der Waals surface area (Å²) >= 11 is 1.14. The topological polar surface area (TPSA) is 69.2 Å². The van der Waals surface area contributed by atoms with E-state index < -0.39 is 9.84 Å². The minimum Gasteiger partial charge on any atom is -0.492 e. The average Bonchev–Trinajstić information content (AvgIpc) is 2.79. The Kier molecular flexibility index (Phi) is 4.16. The van der Waals surface area contributed by atoms with Gasteiger partial charge in [0.15, 0.2) is 0 Å². The van der Waals surface area contributed by atoms with Crippen molar-refractivity contribution in [3.63, 3.8) is 0 Å². The van der Waals surface area contributed by atoms with Crippen LogP contribution in [-0.4, -0.2) is 25.0 Å². The van der Waals surface area contributed by atoms with Crippen LogP contribution in [0.25, 0.3) is 0 Å². The molecule has 0 atom stereocenters. The molecule has 0 saturated heterocycles. The Bertz CT molecular complexity index is 648. The number of sulfone groups is 1. The van der Waals surface area contributed by atoms with Crippen LogP contribution in [0.15, 0.2) is 28.0 Å². The standard InChI is InChI=1S/C12H14N2O3S2/c1-3-17-11-5-4-10(13-6-11)8-19(15,16)12-14-9(2)7-18-12/h4-7H,3,8H2,1-2H3. The lowest BCUT2D eigenvalue weighted by Gasteiger charge is -2.04. The normalized spacial score (nSPS) is 11.5. The highest BCUT2D eigenvalue weighted by molar-refractivity contribution is 7.92. The molecule has 5 nitrogen and oxygen atoms in total. The number of thiazole rings is 1. The van der Waals surface area contributed by atoms with Crippen LogP contribution in [0.2, 0.25) is 0 Å². The third kappa shape index (κ3) is 3.51. The fraction of sp³-hybridized carbons (Fsp3) is 0.333. The highest BCUT2D eigenvalue weighted by Crippen LogP contribution is 2.20. The molecule has 0 saturated carbocycles. The van der Waals surface area contributed by atoms with Gasteiger partial charge in [0, 0.05) is 11.1 Å². The van der Waals surface area contributed by atoms with Crippen LogP contribution in [0, 0.1) is 6.92 Å². The lowest BCUT2D eigenvalue weighted by Crippen LogP contribution is -2.06. The third-order valence-electron chi connectivity index (χ3n) is 2.31. The lowest BCUT2D eigenvalue weighted by atomic mass is 10.4. The van der Waals surface area contributed by atoms with E-state index in [2.05, 4.69) is 9.97 Å². The van der Waals surface area contributed by atoms with Gasteiger partial charge in [-0.15, -0.1) is 11.3 Å². The van der Waals surface area contributed by atoms with Crippen molar-refractivity contribution in [2.45, 2.75) is 23.9 Å². The zero-order chi connectivity index (χ0) is 13.9. The van der Waals surface area contributed by atoms with Crippen molar-refractivity contribution in [3.8, 4) is 5.75 Å². The van der Waals surface area contributed by atoms with E-state index in [4.69, 9.17) is 4.74 Å². The Balaban J connectivity index is 2.16. The number of rotatable bonds is 5. The summed E-state index contributed by atoms with van der Waals surface area (Å²) in [5.41, 5.74) is 1.19. The van der Waals surface area contributed by atoms with Gasteiger partial charge in [-0.25, -0.2) is 13.4 Å². The zero-order valence-corrected chi connectivity index (χ0v) is 12.3. The van der Waals surface area contributed by atoms with Crippen molar-refractivity contribution in [2.24, 2.45) is 0 Å². The van der Waals surface area contributed by atoms with Gasteiger partial charge in [-0.05, 0) is 26.0 Å². The van der Waals surface area contributed by atoms with E-state index in [-0.39, 0.29) is 10.1 Å². The molecule has 0 radical (unpaired) electrons. The first-order valence-corrected chi connectivity index (χ1v) is 8.27. The maximum atomic E-state index is 12.1. The monoisotopic (exact) mass is 298 g/mol. The van der Waals surface area contributed by atoms with E-state index in [0.717, 1.165) is 11.3 Å². The highest BCUT2D eigenvalue weighted by atomic mass is 32.2. The van der Waals surface area contributed by atoms with Crippen LogP contribution in [0.4, 0.5) is 0 Å². The summed E-state index contributed by atoms with van der Waals surface area (Å²) in [6.45, 7) is 4.20. The molecule has 2 rings (SSSR count). The number of nitrogens with zero attached hydrogens (tertiary/aromatic N) is 2. The molecule has 7 heteroatoms. The van der Waals surface area contributed by atoms with Crippen molar-refractivity contribution in [1.29, 1.82) is 0 Å². The molecule has 0 amide bonds. The molecule has 0 N–H and O–H groups in total. The minimum atomic E-state index is -3.41. The van der Waals surface area contributed by atoms with Crippen molar-refractivity contribution in [3.05, 3.63) is 35.1 Å². The van der Waals surface area contributed by atoms with Crippen molar-refractivity contribution in [1.82, 2.24) is 9.97 Å². The molecule has 0 fully saturated rings. The predicted molar refractivity (Wildman–Crippen MR) is 73.1 cm³/mol. The van der Waals surface area contributed by atoms with E-state index in [9.17, 15) is 8.42 Å². The summed E-state index contributed by atoms with van der Waals surface area (Å²) in [6, 6.07) is 3.37. The van der Waals surface area contributed by atoms with Gasteiger partial charge < -0.3 is 4.74 Å². The second-order valence-corrected chi connectivity index (χ2v) is 6.95.